The van der Waals surface area contributed by atoms with Gasteiger partial charge in [0.1, 0.15) is 0 Å². The van der Waals surface area contributed by atoms with Gasteiger partial charge in [0.2, 0.25) is 0 Å². The summed E-state index contributed by atoms with van der Waals surface area (Å²) in [5.41, 5.74) is -2.40. The van der Waals surface area contributed by atoms with Crippen LogP contribution in [-0.2, 0) is 26.2 Å². The van der Waals surface area contributed by atoms with Crippen molar-refractivity contribution in [3.05, 3.63) is 91.7 Å². The normalized spacial score (nSPS) is 18.2. The zero-order valence-corrected chi connectivity index (χ0v) is 36.8. The molecule has 0 spiro atoms. The van der Waals surface area contributed by atoms with Crippen LogP contribution in [0.3, 0.4) is 0 Å². The zero-order chi connectivity index (χ0) is 41.1. The molecule has 2 fully saturated rings. The fourth-order valence-electron chi connectivity index (χ4n) is 9.29. The zero-order valence-electron chi connectivity index (χ0n) is 33.7. The van der Waals surface area contributed by atoms with Crippen LogP contribution in [0.4, 0.5) is 28.9 Å². The summed E-state index contributed by atoms with van der Waals surface area (Å²) in [7, 11) is 0. The minimum absolute atomic E-state index is 0.0264. The molecule has 2 saturated carbocycles. The van der Waals surface area contributed by atoms with Crippen LogP contribution in [-0.4, -0.2) is 36.7 Å². The van der Waals surface area contributed by atoms with Crippen LogP contribution in [0.5, 0.6) is 0 Å². The molecule has 2 aromatic carbocycles. The summed E-state index contributed by atoms with van der Waals surface area (Å²) >= 11 is 7.32. The van der Waals surface area contributed by atoms with Gasteiger partial charge in [-0.15, -0.1) is 0 Å². The van der Waals surface area contributed by atoms with Crippen LogP contribution >= 0.6 is 23.2 Å². The van der Waals surface area contributed by atoms with E-state index >= 15 is 17.6 Å². The predicted octanol–water partition coefficient (Wildman–Crippen LogP) is 11.4. The number of benzene rings is 2. The fraction of sp³-hybridized carbons (Fsp3) is 0.522. The Morgan fingerprint density at radius 3 is 1.32 bits per heavy atom. The number of hydrogen-bond donors (Lipinski definition) is 0. The molecular formula is C46H56Cl2F4N2O2Ti. The van der Waals surface area contributed by atoms with Crippen LogP contribution in [0.2, 0.25) is 0 Å². The molecule has 57 heavy (non-hydrogen) atoms. The van der Waals surface area contributed by atoms with E-state index in [1.807, 2.05) is 12.2 Å². The maximum absolute atomic E-state index is 18.2. The van der Waals surface area contributed by atoms with E-state index in [9.17, 15) is 9.59 Å². The third-order valence-corrected chi connectivity index (χ3v) is 21.9. The molecule has 0 atom stereocenters. The van der Waals surface area contributed by atoms with Gasteiger partial charge in [-0.3, -0.25) is 0 Å². The fourth-order valence-corrected chi connectivity index (χ4v) is 17.8. The molecule has 0 bridgehead atoms. The van der Waals surface area contributed by atoms with Gasteiger partial charge in [-0.2, -0.15) is 0 Å². The Morgan fingerprint density at radius 2 is 1.00 bits per heavy atom. The van der Waals surface area contributed by atoms with Gasteiger partial charge < -0.3 is 0 Å². The molecule has 308 valence electrons. The number of halogens is 6. The number of carbonyl (C=O) groups excluding carboxylic acids is 2. The first-order valence-electron chi connectivity index (χ1n) is 20.6. The van der Waals surface area contributed by atoms with Crippen LogP contribution in [0.15, 0.2) is 68.5 Å². The average molecular weight is 864 g/mol. The molecule has 2 amide bonds. The molecule has 4 aliphatic carbocycles. The second-order valence-electron chi connectivity index (χ2n) is 17.8. The van der Waals surface area contributed by atoms with Gasteiger partial charge in [-0.25, -0.2) is 0 Å². The van der Waals surface area contributed by atoms with Crippen LogP contribution in [0.25, 0.3) is 0 Å². The van der Waals surface area contributed by atoms with Gasteiger partial charge in [-0.05, 0) is 0 Å². The number of allylic oxidation sites excluding steroid dienone is 8. The van der Waals surface area contributed by atoms with Crippen molar-refractivity contribution in [2.24, 2.45) is 22.7 Å². The molecule has 4 nitrogen and oxygen atoms in total. The SMILES string of the molecule is CC(C)(CCl)C(=O)N(CC1CCCCC1)c1ccc(F)[c]([Ti]([C]2=CC=CC2)([C]2=CC=CC2)[c]2c(F)ccc(N(CC3CCCCC3)C(=O)C(C)(C)CCl)c2F)c1F. The molecule has 0 saturated heterocycles. The van der Waals surface area contributed by atoms with Gasteiger partial charge in [-0.1, -0.05) is 0 Å². The predicted molar refractivity (Wildman–Crippen MR) is 223 cm³/mol. The standard InChI is InChI=1S/2C18H23ClF2NO.2C5H5.Ti/c2*1-18(2,12-19)17(23)22(11-13-6-4-3-5-7-13)16-9-8-14(20)10-15(16)21;2*1-2-4-5-3-1;/h2*8-9,13H,3-7,11-12H2,1-2H3;2*1-3H,4H2;. The van der Waals surface area contributed by atoms with Gasteiger partial charge in [0.05, 0.1) is 0 Å². The topological polar surface area (TPSA) is 40.6 Å². The molecule has 0 N–H and O–H groups in total. The second-order valence-corrected chi connectivity index (χ2v) is 24.2. The Hall–Kier alpha value is -2.65. The number of rotatable bonds is 14. The molecule has 6 rings (SSSR count). The van der Waals surface area contributed by atoms with Gasteiger partial charge in [0.15, 0.2) is 0 Å². The average Bonchev–Trinajstić information content (AvgIpc) is 3.96. The van der Waals surface area contributed by atoms with E-state index < -0.39 is 62.5 Å². The van der Waals surface area contributed by atoms with Gasteiger partial charge in [0, 0.05) is 0 Å². The van der Waals surface area contributed by atoms with Crippen molar-refractivity contribution in [3.63, 3.8) is 0 Å². The number of anilines is 2. The third kappa shape index (κ3) is 8.68. The number of amides is 2. The summed E-state index contributed by atoms with van der Waals surface area (Å²) in [4.78, 5) is 31.6. The third-order valence-electron chi connectivity index (χ3n) is 12.6. The van der Waals surface area contributed by atoms with Crippen molar-refractivity contribution in [3.8, 4) is 0 Å². The molecular weight excluding hydrogens is 807 g/mol. The molecule has 0 unspecified atom stereocenters. The van der Waals surface area contributed by atoms with E-state index in [-0.39, 0.29) is 68.6 Å². The molecule has 4 aliphatic rings. The van der Waals surface area contributed by atoms with Gasteiger partial charge in [0.25, 0.3) is 0 Å². The van der Waals surface area contributed by atoms with Gasteiger partial charge >= 0.3 is 352 Å². The second kappa shape index (κ2) is 18.3. The molecule has 0 heterocycles. The van der Waals surface area contributed by atoms with Crippen molar-refractivity contribution in [2.45, 2.75) is 105 Å². The van der Waals surface area contributed by atoms with E-state index in [0.717, 1.165) is 76.3 Å². The first-order valence-corrected chi connectivity index (χ1v) is 24.8. The van der Waals surface area contributed by atoms with Crippen LogP contribution < -0.4 is 17.5 Å². The Labute approximate surface area is 349 Å². The number of nitrogens with zero attached hydrogens (tertiary/aromatic N) is 2. The summed E-state index contributed by atoms with van der Waals surface area (Å²) < 4.78 is 71.1. The number of alkyl halides is 2. The molecule has 0 aliphatic heterocycles. The maximum atomic E-state index is 18.2. The summed E-state index contributed by atoms with van der Waals surface area (Å²) in [6.07, 6.45) is 20.7. The van der Waals surface area contributed by atoms with Crippen molar-refractivity contribution in [1.82, 2.24) is 0 Å². The summed E-state index contributed by atoms with van der Waals surface area (Å²) in [5, 5.41) is 0. The van der Waals surface area contributed by atoms with E-state index in [1.54, 1.807) is 52.0 Å². The molecule has 0 aromatic heterocycles. The molecule has 0 radical (unpaired) electrons. The Balaban J connectivity index is 1.64. The van der Waals surface area contributed by atoms with Crippen LogP contribution in [0, 0.1) is 45.9 Å². The van der Waals surface area contributed by atoms with Crippen LogP contribution in [0.1, 0.15) is 105 Å². The number of carbonyl (C=O) groups is 2. The first-order chi connectivity index (χ1) is 27.2. The Bertz CT molecular complexity index is 1820. The Kier molecular flexibility index (Phi) is 14.1. The summed E-state index contributed by atoms with van der Waals surface area (Å²) in [5.74, 6) is -4.52. The van der Waals surface area contributed by atoms with E-state index in [0.29, 0.717) is 7.76 Å². The Morgan fingerprint density at radius 1 is 0.632 bits per heavy atom. The quantitative estimate of drug-likeness (QED) is 0.108. The van der Waals surface area contributed by atoms with Crippen molar-refractivity contribution in [2.75, 3.05) is 34.6 Å². The van der Waals surface area contributed by atoms with E-state index in [1.165, 1.54) is 21.9 Å². The van der Waals surface area contributed by atoms with Crippen molar-refractivity contribution < 1.29 is 43.7 Å². The van der Waals surface area contributed by atoms with E-state index in [2.05, 4.69) is 0 Å². The number of hydrogen-bond acceptors (Lipinski definition) is 2. The summed E-state index contributed by atoms with van der Waals surface area (Å²) in [6, 6.07) is 4.87. The monoisotopic (exact) mass is 862 g/mol. The summed E-state index contributed by atoms with van der Waals surface area (Å²) in [6.45, 7) is 7.23. The van der Waals surface area contributed by atoms with Crippen molar-refractivity contribution in [1.29, 1.82) is 0 Å². The van der Waals surface area contributed by atoms with Crippen molar-refractivity contribution >= 4 is 54.1 Å². The van der Waals surface area contributed by atoms with E-state index in [4.69, 9.17) is 23.2 Å². The minimum atomic E-state index is -5.36. The molecule has 2 aromatic rings. The molecule has 11 heteroatoms. The first kappa shape index (κ1) is 43.9.